The Morgan fingerprint density at radius 1 is 0.846 bits per heavy atom. The number of hydrogen-bond acceptors (Lipinski definition) is 3. The van der Waals surface area contributed by atoms with E-state index in [0.717, 1.165) is 12.1 Å². The Morgan fingerprint density at radius 3 is 1.81 bits per heavy atom. The fourth-order valence-corrected chi connectivity index (χ4v) is 2.16. The molecule has 0 heterocycles. The lowest BCUT2D eigenvalue weighted by Gasteiger charge is -2.16. The molecule has 138 valence electrons. The van der Waals surface area contributed by atoms with E-state index in [1.165, 1.54) is 19.1 Å². The average molecular weight is 365 g/mol. The maximum absolute atomic E-state index is 12.5. The van der Waals surface area contributed by atoms with Crippen molar-refractivity contribution in [2.24, 2.45) is 0 Å². The smallest absolute Gasteiger partial charge is 0.374 e. The van der Waals surface area contributed by atoms with Crippen LogP contribution in [-0.2, 0) is 15.8 Å². The number of rotatable bonds is 5. The van der Waals surface area contributed by atoms with Crippen LogP contribution in [0.5, 0.6) is 0 Å². The summed E-state index contributed by atoms with van der Waals surface area (Å²) in [6.45, 7) is 3.03. The molecule has 3 N–H and O–H groups in total. The molecule has 8 heteroatoms. The normalized spacial score (nSPS) is 12.2. The average Bonchev–Trinajstić information content (AvgIpc) is 2.55. The lowest BCUT2D eigenvalue weighted by molar-refractivity contribution is -0.137. The predicted molar refractivity (Wildman–Crippen MR) is 93.9 cm³/mol. The van der Waals surface area contributed by atoms with Crippen molar-refractivity contribution < 1.29 is 22.8 Å². The quantitative estimate of drug-likeness (QED) is 0.747. The van der Waals surface area contributed by atoms with E-state index in [0.29, 0.717) is 11.4 Å². The molecule has 2 aromatic carbocycles. The minimum Gasteiger partial charge on any atom is -0.374 e. The van der Waals surface area contributed by atoms with Crippen molar-refractivity contribution in [2.45, 2.75) is 26.1 Å². The number of benzene rings is 2. The maximum atomic E-state index is 12.5. The van der Waals surface area contributed by atoms with Crippen molar-refractivity contribution in [3.8, 4) is 0 Å². The topological polar surface area (TPSA) is 70.2 Å². The van der Waals surface area contributed by atoms with Gasteiger partial charge in [-0.15, -0.1) is 0 Å². The Bertz CT molecular complexity index is 772. The summed E-state index contributed by atoms with van der Waals surface area (Å²) < 4.78 is 37.6. The molecular formula is C18H18F3N3O2. The van der Waals surface area contributed by atoms with E-state index in [9.17, 15) is 22.8 Å². The number of nitrogens with one attached hydrogen (secondary N) is 3. The van der Waals surface area contributed by atoms with E-state index in [4.69, 9.17) is 0 Å². The summed E-state index contributed by atoms with van der Waals surface area (Å²) in [7, 11) is 0. The second-order valence-corrected chi connectivity index (χ2v) is 5.69. The maximum Gasteiger partial charge on any atom is 0.416 e. The van der Waals surface area contributed by atoms with Gasteiger partial charge in [-0.05, 0) is 55.5 Å². The van der Waals surface area contributed by atoms with Crippen LogP contribution in [0.2, 0.25) is 0 Å². The van der Waals surface area contributed by atoms with E-state index in [-0.39, 0.29) is 11.6 Å². The van der Waals surface area contributed by atoms with Crippen LogP contribution in [0.4, 0.5) is 30.2 Å². The molecule has 2 aromatic rings. The molecule has 0 aliphatic rings. The molecule has 0 aromatic heterocycles. The standard InChI is InChI=1S/C18H18F3N3O2/c1-11(22-14-7-9-15(10-8-14)23-12(2)25)17(26)24-16-5-3-13(4-6-16)18(19,20)21/h3-11,22H,1-2H3,(H,23,25)(H,24,26)/t11-/m0/s1. The van der Waals surface area contributed by atoms with E-state index in [1.54, 1.807) is 31.2 Å². The molecule has 0 saturated heterocycles. The van der Waals surface area contributed by atoms with Gasteiger partial charge in [0, 0.05) is 24.0 Å². The molecule has 0 bridgehead atoms. The van der Waals surface area contributed by atoms with Crippen LogP contribution in [0.1, 0.15) is 19.4 Å². The Balaban J connectivity index is 1.94. The van der Waals surface area contributed by atoms with E-state index in [2.05, 4.69) is 16.0 Å². The van der Waals surface area contributed by atoms with Crippen LogP contribution in [-0.4, -0.2) is 17.9 Å². The summed E-state index contributed by atoms with van der Waals surface area (Å²) in [6, 6.07) is 10.4. The zero-order valence-corrected chi connectivity index (χ0v) is 14.1. The highest BCUT2D eigenvalue weighted by Crippen LogP contribution is 2.29. The van der Waals surface area contributed by atoms with Crippen molar-refractivity contribution >= 4 is 28.9 Å². The first kappa shape index (κ1) is 19.3. The minimum atomic E-state index is -4.42. The Labute approximate surface area is 148 Å². The molecule has 2 rings (SSSR count). The molecule has 1 atom stereocenters. The fraction of sp³-hybridized carbons (Fsp3) is 0.222. The third-order valence-electron chi connectivity index (χ3n) is 3.46. The molecule has 0 saturated carbocycles. The third kappa shape index (κ3) is 5.51. The predicted octanol–water partition coefficient (Wildman–Crippen LogP) is 4.10. The van der Waals surface area contributed by atoms with Gasteiger partial charge in [0.2, 0.25) is 11.8 Å². The lowest BCUT2D eigenvalue weighted by Crippen LogP contribution is -2.31. The Kier molecular flexibility index (Phi) is 5.86. The van der Waals surface area contributed by atoms with Gasteiger partial charge in [-0.3, -0.25) is 9.59 Å². The Morgan fingerprint density at radius 2 is 1.31 bits per heavy atom. The zero-order valence-electron chi connectivity index (χ0n) is 14.1. The molecular weight excluding hydrogens is 347 g/mol. The molecule has 2 amide bonds. The van der Waals surface area contributed by atoms with Gasteiger partial charge in [0.25, 0.3) is 0 Å². The van der Waals surface area contributed by atoms with Gasteiger partial charge in [-0.2, -0.15) is 13.2 Å². The molecule has 26 heavy (non-hydrogen) atoms. The van der Waals surface area contributed by atoms with Gasteiger partial charge in [0.15, 0.2) is 0 Å². The second-order valence-electron chi connectivity index (χ2n) is 5.69. The Hall–Kier alpha value is -3.03. The number of halogens is 3. The van der Waals surface area contributed by atoms with Crippen molar-refractivity contribution in [3.05, 3.63) is 54.1 Å². The monoisotopic (exact) mass is 365 g/mol. The highest BCUT2D eigenvalue weighted by molar-refractivity contribution is 5.96. The zero-order chi connectivity index (χ0) is 19.3. The van der Waals surface area contributed by atoms with Crippen molar-refractivity contribution in [3.63, 3.8) is 0 Å². The SMILES string of the molecule is CC(=O)Nc1ccc(N[C@@H](C)C(=O)Nc2ccc(C(F)(F)F)cc2)cc1. The number of anilines is 3. The van der Waals surface area contributed by atoms with Crippen LogP contribution >= 0.6 is 0 Å². The molecule has 0 aliphatic carbocycles. The van der Waals surface area contributed by atoms with Gasteiger partial charge in [-0.1, -0.05) is 0 Å². The van der Waals surface area contributed by atoms with Crippen molar-refractivity contribution in [1.29, 1.82) is 0 Å². The number of hydrogen-bond donors (Lipinski definition) is 3. The van der Waals surface area contributed by atoms with Crippen LogP contribution < -0.4 is 16.0 Å². The summed E-state index contributed by atoms with van der Waals surface area (Å²) in [5.41, 5.74) is 0.790. The van der Waals surface area contributed by atoms with E-state index in [1.807, 2.05) is 0 Å². The summed E-state index contributed by atoms with van der Waals surface area (Å²) >= 11 is 0. The second kappa shape index (κ2) is 7.90. The highest BCUT2D eigenvalue weighted by Gasteiger charge is 2.30. The van der Waals surface area contributed by atoms with Crippen LogP contribution in [0.25, 0.3) is 0 Å². The molecule has 0 aliphatic heterocycles. The molecule has 0 unspecified atom stereocenters. The number of alkyl halides is 3. The summed E-state index contributed by atoms with van der Waals surface area (Å²) in [5.74, 6) is -0.578. The molecule has 0 fully saturated rings. The van der Waals surface area contributed by atoms with Gasteiger partial charge in [0.1, 0.15) is 6.04 Å². The minimum absolute atomic E-state index is 0.185. The van der Waals surface area contributed by atoms with Crippen molar-refractivity contribution in [2.75, 3.05) is 16.0 Å². The van der Waals surface area contributed by atoms with Crippen LogP contribution in [0.3, 0.4) is 0 Å². The number of carbonyl (C=O) groups is 2. The summed E-state index contributed by atoms with van der Waals surface area (Å²) in [4.78, 5) is 23.1. The van der Waals surface area contributed by atoms with Gasteiger partial charge in [0.05, 0.1) is 5.56 Å². The lowest BCUT2D eigenvalue weighted by atomic mass is 10.2. The largest absolute Gasteiger partial charge is 0.416 e. The molecule has 5 nitrogen and oxygen atoms in total. The van der Waals surface area contributed by atoms with Crippen LogP contribution in [0, 0.1) is 0 Å². The number of amides is 2. The van der Waals surface area contributed by atoms with Gasteiger partial charge >= 0.3 is 6.18 Å². The van der Waals surface area contributed by atoms with E-state index >= 15 is 0 Å². The van der Waals surface area contributed by atoms with Gasteiger partial charge in [-0.25, -0.2) is 0 Å². The first-order chi connectivity index (χ1) is 12.1. The third-order valence-corrected chi connectivity index (χ3v) is 3.46. The molecule has 0 spiro atoms. The fourth-order valence-electron chi connectivity index (χ4n) is 2.16. The van der Waals surface area contributed by atoms with Crippen molar-refractivity contribution in [1.82, 2.24) is 0 Å². The number of carbonyl (C=O) groups excluding carboxylic acids is 2. The summed E-state index contributed by atoms with van der Waals surface area (Å²) in [6.07, 6.45) is -4.42. The first-order valence-electron chi connectivity index (χ1n) is 7.77. The first-order valence-corrected chi connectivity index (χ1v) is 7.77. The highest BCUT2D eigenvalue weighted by atomic mass is 19.4. The molecule has 0 radical (unpaired) electrons. The van der Waals surface area contributed by atoms with Gasteiger partial charge < -0.3 is 16.0 Å². The van der Waals surface area contributed by atoms with E-state index < -0.39 is 23.7 Å². The van der Waals surface area contributed by atoms with Crippen LogP contribution in [0.15, 0.2) is 48.5 Å². The summed E-state index contributed by atoms with van der Waals surface area (Å²) in [5, 5.41) is 8.16.